The molecule has 0 spiro atoms. The second-order valence-corrected chi connectivity index (χ2v) is 6.67. The lowest BCUT2D eigenvalue weighted by atomic mass is 9.49. The van der Waals surface area contributed by atoms with Crippen LogP contribution >= 0.6 is 0 Å². The van der Waals surface area contributed by atoms with Gasteiger partial charge in [-0.3, -0.25) is 0 Å². The van der Waals surface area contributed by atoms with E-state index in [-0.39, 0.29) is 0 Å². The van der Waals surface area contributed by atoms with Gasteiger partial charge >= 0.3 is 0 Å². The molecule has 3 aliphatic rings. The third kappa shape index (κ3) is 1.56. The molecule has 3 rings (SSSR count). The fourth-order valence-corrected chi connectivity index (χ4v) is 4.42. The van der Waals surface area contributed by atoms with Crippen LogP contribution in [0.4, 0.5) is 0 Å². The molecule has 0 amide bonds. The van der Waals surface area contributed by atoms with Crippen molar-refractivity contribution in [2.75, 3.05) is 0 Å². The summed E-state index contributed by atoms with van der Waals surface area (Å²) in [6.45, 7) is 2.46. The predicted octanol–water partition coefficient (Wildman–Crippen LogP) is 4.78. The highest BCUT2D eigenvalue weighted by atomic mass is 14.5. The van der Waals surface area contributed by atoms with Crippen LogP contribution in [-0.2, 0) is 0 Å². The maximum atomic E-state index is 2.46. The largest absolute Gasteiger partial charge is 0.0625 e. The highest BCUT2D eigenvalue weighted by molar-refractivity contribution is 5.00. The van der Waals surface area contributed by atoms with Gasteiger partial charge in [-0.05, 0) is 61.7 Å². The van der Waals surface area contributed by atoms with Crippen LogP contribution in [0.15, 0.2) is 0 Å². The van der Waals surface area contributed by atoms with Crippen molar-refractivity contribution in [2.24, 2.45) is 23.2 Å². The molecule has 0 heterocycles. The third-order valence-electron chi connectivity index (χ3n) is 6.04. The normalized spacial score (nSPS) is 33.4. The van der Waals surface area contributed by atoms with Crippen molar-refractivity contribution in [2.45, 2.75) is 71.1 Å². The first-order valence-electron chi connectivity index (χ1n) is 7.31. The summed E-state index contributed by atoms with van der Waals surface area (Å²) in [6.07, 6.45) is 15.6. The van der Waals surface area contributed by atoms with E-state index in [2.05, 4.69) is 6.92 Å². The van der Waals surface area contributed by atoms with Crippen LogP contribution in [0.25, 0.3) is 0 Å². The second kappa shape index (κ2) is 3.79. The SMILES string of the molecule is CC1CCC(C2CCC2)(C2CCC2)CC1. The van der Waals surface area contributed by atoms with E-state index in [0.29, 0.717) is 0 Å². The van der Waals surface area contributed by atoms with E-state index < -0.39 is 0 Å². The van der Waals surface area contributed by atoms with Crippen LogP contribution < -0.4 is 0 Å². The fourth-order valence-electron chi connectivity index (χ4n) is 4.42. The van der Waals surface area contributed by atoms with Gasteiger partial charge in [-0.15, -0.1) is 0 Å². The van der Waals surface area contributed by atoms with E-state index in [4.69, 9.17) is 0 Å². The molecule has 3 saturated carbocycles. The van der Waals surface area contributed by atoms with Gasteiger partial charge in [0.2, 0.25) is 0 Å². The summed E-state index contributed by atoms with van der Waals surface area (Å²) in [6, 6.07) is 0. The first-order chi connectivity index (χ1) is 7.31. The number of hydrogen-bond acceptors (Lipinski definition) is 0. The molecule has 0 radical (unpaired) electrons. The summed E-state index contributed by atoms with van der Waals surface area (Å²) >= 11 is 0. The Balaban J connectivity index is 1.74. The van der Waals surface area contributed by atoms with Gasteiger partial charge in [0.1, 0.15) is 0 Å². The lowest BCUT2D eigenvalue weighted by molar-refractivity contribution is -0.0572. The summed E-state index contributed by atoms with van der Waals surface area (Å²) in [4.78, 5) is 0. The summed E-state index contributed by atoms with van der Waals surface area (Å²) < 4.78 is 0. The molecule has 0 aliphatic heterocycles. The van der Waals surface area contributed by atoms with Crippen LogP contribution in [0.5, 0.6) is 0 Å². The molecule has 86 valence electrons. The van der Waals surface area contributed by atoms with Crippen molar-refractivity contribution in [1.82, 2.24) is 0 Å². The van der Waals surface area contributed by atoms with Crippen molar-refractivity contribution in [3.63, 3.8) is 0 Å². The topological polar surface area (TPSA) is 0 Å². The van der Waals surface area contributed by atoms with E-state index in [1.807, 2.05) is 0 Å². The van der Waals surface area contributed by atoms with E-state index in [0.717, 1.165) is 23.2 Å². The standard InChI is InChI=1S/C15H26/c1-12-8-10-15(11-9-12,13-4-2-5-13)14-6-3-7-14/h12-14H,2-11H2,1H3. The molecule has 0 heteroatoms. The Kier molecular flexibility index (Phi) is 2.57. The van der Waals surface area contributed by atoms with E-state index in [1.54, 1.807) is 38.5 Å². The minimum atomic E-state index is 0.850. The molecule has 0 N–H and O–H groups in total. The Bertz CT molecular complexity index is 198. The number of hydrogen-bond donors (Lipinski definition) is 0. The second-order valence-electron chi connectivity index (χ2n) is 6.67. The minimum absolute atomic E-state index is 0.850. The molecule has 0 nitrogen and oxygen atoms in total. The molecule has 0 unspecified atom stereocenters. The maximum absolute atomic E-state index is 2.46. The van der Waals surface area contributed by atoms with Gasteiger partial charge in [0.05, 0.1) is 0 Å². The van der Waals surface area contributed by atoms with Gasteiger partial charge in [0.15, 0.2) is 0 Å². The van der Waals surface area contributed by atoms with Crippen molar-refractivity contribution in [3.8, 4) is 0 Å². The smallest absolute Gasteiger partial charge is 0.0241 e. The molecule has 0 aromatic rings. The van der Waals surface area contributed by atoms with E-state index in [9.17, 15) is 0 Å². The molecular formula is C15H26. The summed E-state index contributed by atoms with van der Waals surface area (Å²) in [5.74, 6) is 3.32. The lowest BCUT2D eigenvalue weighted by Gasteiger charge is -2.56. The van der Waals surface area contributed by atoms with Crippen LogP contribution in [0.1, 0.15) is 71.1 Å². The van der Waals surface area contributed by atoms with Gasteiger partial charge in [-0.25, -0.2) is 0 Å². The van der Waals surface area contributed by atoms with E-state index >= 15 is 0 Å². The molecule has 3 fully saturated rings. The van der Waals surface area contributed by atoms with Crippen molar-refractivity contribution >= 4 is 0 Å². The molecule has 0 saturated heterocycles. The minimum Gasteiger partial charge on any atom is -0.0625 e. The number of rotatable bonds is 2. The van der Waals surface area contributed by atoms with Gasteiger partial charge < -0.3 is 0 Å². The van der Waals surface area contributed by atoms with Gasteiger partial charge in [-0.1, -0.05) is 32.6 Å². The van der Waals surface area contributed by atoms with Crippen molar-refractivity contribution < 1.29 is 0 Å². The first kappa shape index (κ1) is 10.2. The maximum Gasteiger partial charge on any atom is -0.0241 e. The van der Waals surface area contributed by atoms with Crippen LogP contribution in [0.3, 0.4) is 0 Å². The Morgan fingerprint density at radius 3 is 1.53 bits per heavy atom. The zero-order valence-corrected chi connectivity index (χ0v) is 10.3. The lowest BCUT2D eigenvalue weighted by Crippen LogP contribution is -2.46. The zero-order valence-electron chi connectivity index (χ0n) is 10.3. The first-order valence-corrected chi connectivity index (χ1v) is 7.31. The quantitative estimate of drug-likeness (QED) is 0.610. The Morgan fingerprint density at radius 2 is 1.20 bits per heavy atom. The predicted molar refractivity (Wildman–Crippen MR) is 64.7 cm³/mol. The Morgan fingerprint density at radius 1 is 0.733 bits per heavy atom. The van der Waals surface area contributed by atoms with Gasteiger partial charge in [0.25, 0.3) is 0 Å². The van der Waals surface area contributed by atoms with Crippen LogP contribution in [0.2, 0.25) is 0 Å². The fraction of sp³-hybridized carbons (Fsp3) is 1.00. The van der Waals surface area contributed by atoms with Crippen molar-refractivity contribution in [3.05, 3.63) is 0 Å². The average Bonchev–Trinajstić information content (AvgIpc) is 2.04. The summed E-state index contributed by atoms with van der Waals surface area (Å²) in [5, 5.41) is 0. The van der Waals surface area contributed by atoms with Crippen LogP contribution in [0, 0.1) is 23.2 Å². The average molecular weight is 206 g/mol. The van der Waals surface area contributed by atoms with Crippen molar-refractivity contribution in [1.29, 1.82) is 0 Å². The molecule has 0 atom stereocenters. The third-order valence-corrected chi connectivity index (χ3v) is 6.04. The zero-order chi connectivity index (χ0) is 10.3. The summed E-state index contributed by atoms with van der Waals surface area (Å²) in [5.41, 5.74) is 0.850. The van der Waals surface area contributed by atoms with E-state index in [1.165, 1.54) is 25.7 Å². The highest BCUT2D eigenvalue weighted by Crippen LogP contribution is 2.60. The molecule has 0 aromatic carbocycles. The molecule has 0 bridgehead atoms. The molecular weight excluding hydrogens is 180 g/mol. The Hall–Kier alpha value is 0. The molecule has 15 heavy (non-hydrogen) atoms. The summed E-state index contributed by atoms with van der Waals surface area (Å²) in [7, 11) is 0. The van der Waals surface area contributed by atoms with Gasteiger partial charge in [-0.2, -0.15) is 0 Å². The molecule has 0 aromatic heterocycles. The molecule has 3 aliphatic carbocycles. The highest BCUT2D eigenvalue weighted by Gasteiger charge is 2.49. The van der Waals surface area contributed by atoms with Gasteiger partial charge in [0, 0.05) is 0 Å². The Labute approximate surface area is 94.8 Å². The monoisotopic (exact) mass is 206 g/mol. The van der Waals surface area contributed by atoms with Crippen LogP contribution in [-0.4, -0.2) is 0 Å².